The van der Waals surface area contributed by atoms with Crippen molar-refractivity contribution in [3.8, 4) is 11.5 Å². The maximum absolute atomic E-state index is 11.7. The summed E-state index contributed by atoms with van der Waals surface area (Å²) in [6, 6.07) is 15.0. The normalized spacial score (nSPS) is 11.0. The zero-order valence-electron chi connectivity index (χ0n) is 13.0. The van der Waals surface area contributed by atoms with Crippen molar-refractivity contribution in [2.24, 2.45) is 0 Å². The van der Waals surface area contributed by atoms with Gasteiger partial charge >= 0.3 is 0 Å². The minimum Gasteiger partial charge on any atom is -0.420 e. The first-order chi connectivity index (χ1) is 11.7. The van der Waals surface area contributed by atoms with Crippen LogP contribution in [0.15, 0.2) is 52.9 Å². The van der Waals surface area contributed by atoms with Gasteiger partial charge in [-0.2, -0.15) is 0 Å². The fourth-order valence-electron chi connectivity index (χ4n) is 2.64. The van der Waals surface area contributed by atoms with Gasteiger partial charge < -0.3 is 9.40 Å². The summed E-state index contributed by atoms with van der Waals surface area (Å²) in [6.45, 7) is 1.52. The number of carbonyl (C=O) groups excluding carboxylic acids is 1. The van der Waals surface area contributed by atoms with Gasteiger partial charge in [-0.3, -0.25) is 4.79 Å². The molecule has 0 atom stereocenters. The fraction of sp³-hybridized carbons (Fsp3) is 0.111. The van der Waals surface area contributed by atoms with Crippen LogP contribution in [0.2, 0.25) is 0 Å². The summed E-state index contributed by atoms with van der Waals surface area (Å²) in [5, 5.41) is 8.14. The van der Waals surface area contributed by atoms with E-state index in [1.165, 1.54) is 6.92 Å². The Balaban J connectivity index is 1.64. The van der Waals surface area contributed by atoms with Crippen LogP contribution in [0, 0.1) is 0 Å². The van der Waals surface area contributed by atoms with E-state index in [4.69, 9.17) is 4.42 Å². The monoisotopic (exact) mass is 318 g/mol. The minimum absolute atomic E-state index is 0.0392. The number of imidazole rings is 1. The predicted molar refractivity (Wildman–Crippen MR) is 88.6 cm³/mol. The van der Waals surface area contributed by atoms with Crippen molar-refractivity contribution in [1.82, 2.24) is 20.2 Å². The molecule has 0 aliphatic rings. The summed E-state index contributed by atoms with van der Waals surface area (Å²) in [7, 11) is 0. The lowest BCUT2D eigenvalue weighted by Crippen LogP contribution is -1.95. The number of para-hydroxylation sites is 2. The van der Waals surface area contributed by atoms with Gasteiger partial charge in [-0.1, -0.05) is 30.3 Å². The number of Topliss-reactive ketones (excluding diaryl/α,β-unsaturated/α-hetero) is 1. The molecule has 6 heteroatoms. The molecule has 2 aromatic heterocycles. The van der Waals surface area contributed by atoms with Crippen molar-refractivity contribution in [1.29, 1.82) is 0 Å². The first-order valence-electron chi connectivity index (χ1n) is 7.57. The van der Waals surface area contributed by atoms with Gasteiger partial charge in [0.2, 0.25) is 11.8 Å². The van der Waals surface area contributed by atoms with E-state index in [9.17, 15) is 4.79 Å². The van der Waals surface area contributed by atoms with Crippen molar-refractivity contribution >= 4 is 16.8 Å². The van der Waals surface area contributed by atoms with Gasteiger partial charge in [0.15, 0.2) is 5.78 Å². The number of aromatic amines is 1. The third-order valence-electron chi connectivity index (χ3n) is 3.76. The Morgan fingerprint density at radius 3 is 2.71 bits per heavy atom. The number of hydrogen-bond donors (Lipinski definition) is 1. The van der Waals surface area contributed by atoms with E-state index in [0.29, 0.717) is 29.3 Å². The van der Waals surface area contributed by atoms with Crippen molar-refractivity contribution in [3.63, 3.8) is 0 Å². The first kappa shape index (κ1) is 14.3. The molecule has 0 amide bonds. The molecule has 0 saturated heterocycles. The van der Waals surface area contributed by atoms with Crippen molar-refractivity contribution in [2.75, 3.05) is 0 Å². The second-order valence-corrected chi connectivity index (χ2v) is 5.48. The number of carbonyl (C=O) groups is 1. The van der Waals surface area contributed by atoms with E-state index in [2.05, 4.69) is 20.2 Å². The summed E-state index contributed by atoms with van der Waals surface area (Å²) in [5.74, 6) is 1.50. The van der Waals surface area contributed by atoms with Gasteiger partial charge in [0.05, 0.1) is 17.5 Å². The van der Waals surface area contributed by atoms with Gasteiger partial charge in [0, 0.05) is 11.1 Å². The Morgan fingerprint density at radius 2 is 1.88 bits per heavy atom. The van der Waals surface area contributed by atoms with Crippen molar-refractivity contribution in [3.05, 3.63) is 65.8 Å². The summed E-state index contributed by atoms with van der Waals surface area (Å²) < 4.78 is 5.73. The summed E-state index contributed by atoms with van der Waals surface area (Å²) in [6.07, 6.45) is 0.407. The molecule has 0 bridgehead atoms. The maximum atomic E-state index is 11.7. The van der Waals surface area contributed by atoms with Gasteiger partial charge in [0.25, 0.3) is 0 Å². The highest BCUT2D eigenvalue weighted by Gasteiger charge is 2.15. The number of ketones is 1. The fourth-order valence-corrected chi connectivity index (χ4v) is 2.64. The summed E-state index contributed by atoms with van der Waals surface area (Å²) in [4.78, 5) is 19.5. The molecule has 4 rings (SSSR count). The average Bonchev–Trinajstić information content (AvgIpc) is 3.21. The van der Waals surface area contributed by atoms with E-state index < -0.39 is 0 Å². The topological polar surface area (TPSA) is 84.7 Å². The Morgan fingerprint density at radius 1 is 1.08 bits per heavy atom. The number of rotatable bonds is 4. The number of nitrogens with one attached hydrogen (secondary N) is 1. The summed E-state index contributed by atoms with van der Waals surface area (Å²) >= 11 is 0. The van der Waals surface area contributed by atoms with Gasteiger partial charge in [-0.15, -0.1) is 10.2 Å². The Kier molecular flexibility index (Phi) is 3.42. The van der Waals surface area contributed by atoms with Crippen LogP contribution in [-0.4, -0.2) is 25.9 Å². The number of H-pyrrole nitrogens is 1. The largest absolute Gasteiger partial charge is 0.420 e. The maximum Gasteiger partial charge on any atom is 0.248 e. The molecule has 24 heavy (non-hydrogen) atoms. The SMILES string of the molecule is CC(=O)c1ccccc1-c1nnc(Cc2nc3ccccc3[nH]2)o1. The van der Waals surface area contributed by atoms with Crippen LogP contribution in [0.5, 0.6) is 0 Å². The van der Waals surface area contributed by atoms with Crippen LogP contribution in [0.4, 0.5) is 0 Å². The van der Waals surface area contributed by atoms with E-state index in [0.717, 1.165) is 16.9 Å². The van der Waals surface area contributed by atoms with Crippen LogP contribution >= 0.6 is 0 Å². The highest BCUT2D eigenvalue weighted by molar-refractivity contribution is 5.99. The molecular weight excluding hydrogens is 304 g/mol. The lowest BCUT2D eigenvalue weighted by Gasteiger charge is -2.01. The molecule has 4 aromatic rings. The van der Waals surface area contributed by atoms with Crippen molar-refractivity contribution in [2.45, 2.75) is 13.3 Å². The number of nitrogens with zero attached hydrogens (tertiary/aromatic N) is 3. The number of hydrogen-bond acceptors (Lipinski definition) is 5. The van der Waals surface area contributed by atoms with Gasteiger partial charge in [0.1, 0.15) is 5.82 Å². The Labute approximate surface area is 137 Å². The average molecular weight is 318 g/mol. The molecule has 0 unspecified atom stereocenters. The number of benzene rings is 2. The molecular formula is C18H14N4O2. The van der Waals surface area contributed by atoms with E-state index in [-0.39, 0.29) is 5.78 Å². The third kappa shape index (κ3) is 2.58. The van der Waals surface area contributed by atoms with Crippen LogP contribution in [0.25, 0.3) is 22.5 Å². The van der Waals surface area contributed by atoms with E-state index in [1.54, 1.807) is 12.1 Å². The molecule has 0 saturated carbocycles. The summed E-state index contributed by atoms with van der Waals surface area (Å²) in [5.41, 5.74) is 3.08. The molecule has 1 N–H and O–H groups in total. The second kappa shape index (κ2) is 5.73. The lowest BCUT2D eigenvalue weighted by molar-refractivity contribution is 0.101. The molecule has 6 nitrogen and oxygen atoms in total. The number of aromatic nitrogens is 4. The Hall–Kier alpha value is -3.28. The van der Waals surface area contributed by atoms with Gasteiger partial charge in [-0.25, -0.2) is 4.98 Å². The smallest absolute Gasteiger partial charge is 0.248 e. The van der Waals surface area contributed by atoms with Crippen LogP contribution in [0.3, 0.4) is 0 Å². The van der Waals surface area contributed by atoms with E-state index in [1.807, 2.05) is 36.4 Å². The molecule has 2 heterocycles. The van der Waals surface area contributed by atoms with Crippen LogP contribution in [-0.2, 0) is 6.42 Å². The van der Waals surface area contributed by atoms with Gasteiger partial charge in [-0.05, 0) is 25.1 Å². The molecule has 0 spiro atoms. The Bertz CT molecular complexity index is 999. The van der Waals surface area contributed by atoms with E-state index >= 15 is 0 Å². The highest BCUT2D eigenvalue weighted by Crippen LogP contribution is 2.23. The van der Waals surface area contributed by atoms with Crippen molar-refractivity contribution < 1.29 is 9.21 Å². The number of fused-ring (bicyclic) bond motifs is 1. The zero-order chi connectivity index (χ0) is 16.5. The second-order valence-electron chi connectivity index (χ2n) is 5.48. The molecule has 2 aromatic carbocycles. The highest BCUT2D eigenvalue weighted by atomic mass is 16.4. The molecule has 0 aliphatic heterocycles. The zero-order valence-corrected chi connectivity index (χ0v) is 13.0. The third-order valence-corrected chi connectivity index (χ3v) is 3.76. The first-order valence-corrected chi connectivity index (χ1v) is 7.57. The molecule has 0 fully saturated rings. The quantitative estimate of drug-likeness (QED) is 0.583. The molecule has 0 aliphatic carbocycles. The standard InChI is InChI=1S/C18H14N4O2/c1-11(23)12-6-2-3-7-13(12)18-22-21-17(24-18)10-16-19-14-8-4-5-9-15(14)20-16/h2-9H,10H2,1H3,(H,19,20). The van der Waals surface area contributed by atoms with Crippen LogP contribution < -0.4 is 0 Å². The lowest BCUT2D eigenvalue weighted by atomic mass is 10.0. The minimum atomic E-state index is -0.0392. The molecule has 118 valence electrons. The van der Waals surface area contributed by atoms with Crippen LogP contribution in [0.1, 0.15) is 29.0 Å². The molecule has 0 radical (unpaired) electrons. The predicted octanol–water partition coefficient (Wildman–Crippen LogP) is 3.41.